The second-order valence-electron chi connectivity index (χ2n) is 3.35. The van der Waals surface area contributed by atoms with Gasteiger partial charge in [-0.3, -0.25) is 4.79 Å². The van der Waals surface area contributed by atoms with E-state index in [2.05, 4.69) is 55.7 Å². The normalized spacial score (nSPS) is 10.8. The Bertz CT molecular complexity index is 593. The van der Waals surface area contributed by atoms with Crippen LogP contribution in [0.15, 0.2) is 45.9 Å². The number of hydrogen-bond acceptors (Lipinski definition) is 3. The SMILES string of the molecule is O=C(N/N=C\c1ccc(I)o1)c1cccc(I)c1. The minimum atomic E-state index is -0.244. The molecule has 1 aromatic carbocycles. The maximum atomic E-state index is 11.7. The molecule has 0 atom stereocenters. The van der Waals surface area contributed by atoms with Gasteiger partial charge in [0.05, 0.1) is 6.21 Å². The lowest BCUT2D eigenvalue weighted by atomic mass is 10.2. The van der Waals surface area contributed by atoms with Crippen LogP contribution in [0.3, 0.4) is 0 Å². The number of rotatable bonds is 3. The molecule has 18 heavy (non-hydrogen) atoms. The van der Waals surface area contributed by atoms with Crippen LogP contribution in [0.2, 0.25) is 0 Å². The van der Waals surface area contributed by atoms with Gasteiger partial charge in [-0.25, -0.2) is 5.43 Å². The molecule has 0 aliphatic carbocycles. The number of nitrogens with zero attached hydrogens (tertiary/aromatic N) is 1. The van der Waals surface area contributed by atoms with Crippen molar-refractivity contribution in [3.8, 4) is 0 Å². The third kappa shape index (κ3) is 3.80. The first kappa shape index (κ1) is 13.5. The standard InChI is InChI=1S/C12H8I2N2O2/c13-9-3-1-2-8(6-9)12(17)16-15-7-10-4-5-11(14)18-10/h1-7H,(H,16,17)/b15-7-. The fourth-order valence-electron chi connectivity index (χ4n) is 1.25. The Morgan fingerprint density at radius 2 is 2.11 bits per heavy atom. The predicted molar refractivity (Wildman–Crippen MR) is 85.6 cm³/mol. The van der Waals surface area contributed by atoms with Gasteiger partial charge >= 0.3 is 0 Å². The smallest absolute Gasteiger partial charge is 0.271 e. The Kier molecular flexibility index (Phi) is 4.75. The topological polar surface area (TPSA) is 54.6 Å². The van der Waals surface area contributed by atoms with Gasteiger partial charge in [0.15, 0.2) is 3.77 Å². The minimum Gasteiger partial charge on any atom is -0.449 e. The molecule has 92 valence electrons. The van der Waals surface area contributed by atoms with Crippen LogP contribution in [0.1, 0.15) is 16.1 Å². The van der Waals surface area contributed by atoms with E-state index in [4.69, 9.17) is 4.42 Å². The molecule has 6 heteroatoms. The van der Waals surface area contributed by atoms with Crippen molar-refractivity contribution in [3.05, 3.63) is 55.1 Å². The van der Waals surface area contributed by atoms with E-state index in [0.717, 1.165) is 7.34 Å². The highest BCUT2D eigenvalue weighted by Crippen LogP contribution is 2.08. The molecule has 2 rings (SSSR count). The summed E-state index contributed by atoms with van der Waals surface area (Å²) in [5.74, 6) is 0.355. The van der Waals surface area contributed by atoms with Crippen molar-refractivity contribution in [2.75, 3.05) is 0 Å². The van der Waals surface area contributed by atoms with E-state index in [1.807, 2.05) is 18.2 Å². The van der Waals surface area contributed by atoms with Crippen LogP contribution in [-0.2, 0) is 0 Å². The molecular weight excluding hydrogens is 458 g/mol. The first-order valence-electron chi connectivity index (χ1n) is 4.99. The number of carbonyl (C=O) groups is 1. The molecule has 4 nitrogen and oxygen atoms in total. The van der Waals surface area contributed by atoms with E-state index < -0.39 is 0 Å². The Morgan fingerprint density at radius 3 is 2.78 bits per heavy atom. The molecule has 2 aromatic rings. The van der Waals surface area contributed by atoms with E-state index in [1.54, 1.807) is 18.2 Å². The predicted octanol–water partition coefficient (Wildman–Crippen LogP) is 3.25. The lowest BCUT2D eigenvalue weighted by Gasteiger charge is -1.99. The summed E-state index contributed by atoms with van der Waals surface area (Å²) >= 11 is 4.22. The molecule has 0 saturated heterocycles. The van der Waals surface area contributed by atoms with Crippen molar-refractivity contribution in [2.45, 2.75) is 0 Å². The molecular formula is C12H8I2N2O2. The summed E-state index contributed by atoms with van der Waals surface area (Å²) in [6.07, 6.45) is 1.47. The number of furan rings is 1. The summed E-state index contributed by atoms with van der Waals surface area (Å²) < 4.78 is 7.06. The maximum absolute atomic E-state index is 11.7. The van der Waals surface area contributed by atoms with Crippen molar-refractivity contribution in [2.24, 2.45) is 5.10 Å². The van der Waals surface area contributed by atoms with Crippen molar-refractivity contribution in [1.82, 2.24) is 5.43 Å². The van der Waals surface area contributed by atoms with Gasteiger partial charge in [-0.1, -0.05) is 6.07 Å². The van der Waals surface area contributed by atoms with Gasteiger partial charge in [-0.2, -0.15) is 5.10 Å². The number of carbonyl (C=O) groups excluding carboxylic acids is 1. The molecule has 1 aromatic heterocycles. The maximum Gasteiger partial charge on any atom is 0.271 e. The molecule has 0 unspecified atom stereocenters. The summed E-state index contributed by atoms with van der Waals surface area (Å²) in [7, 11) is 0. The monoisotopic (exact) mass is 466 g/mol. The highest BCUT2D eigenvalue weighted by molar-refractivity contribution is 14.1. The van der Waals surface area contributed by atoms with Gasteiger partial charge in [0, 0.05) is 9.13 Å². The second kappa shape index (κ2) is 6.32. The van der Waals surface area contributed by atoms with E-state index in [-0.39, 0.29) is 5.91 Å². The van der Waals surface area contributed by atoms with E-state index in [9.17, 15) is 4.79 Å². The number of hydrazone groups is 1. The second-order valence-corrected chi connectivity index (χ2v) is 5.66. The molecule has 0 bridgehead atoms. The third-order valence-corrected chi connectivity index (χ3v) is 3.29. The molecule has 1 heterocycles. The van der Waals surface area contributed by atoms with E-state index in [0.29, 0.717) is 11.3 Å². The van der Waals surface area contributed by atoms with Gasteiger partial charge in [0.2, 0.25) is 0 Å². The summed E-state index contributed by atoms with van der Waals surface area (Å²) in [5, 5.41) is 3.84. The van der Waals surface area contributed by atoms with Crippen LogP contribution >= 0.6 is 45.2 Å². The Hall–Kier alpha value is -0.900. The molecule has 0 spiro atoms. The number of nitrogens with one attached hydrogen (secondary N) is 1. The first-order valence-corrected chi connectivity index (χ1v) is 7.15. The van der Waals surface area contributed by atoms with Crippen LogP contribution in [-0.4, -0.2) is 12.1 Å². The van der Waals surface area contributed by atoms with Crippen LogP contribution < -0.4 is 5.43 Å². The average Bonchev–Trinajstić information content (AvgIpc) is 2.75. The van der Waals surface area contributed by atoms with Crippen LogP contribution in [0.25, 0.3) is 0 Å². The van der Waals surface area contributed by atoms with Gasteiger partial charge < -0.3 is 4.42 Å². The zero-order chi connectivity index (χ0) is 13.0. The fourth-order valence-corrected chi connectivity index (χ4v) is 2.22. The summed E-state index contributed by atoms with van der Waals surface area (Å²) in [5.41, 5.74) is 3.03. The highest BCUT2D eigenvalue weighted by Gasteiger charge is 2.03. The van der Waals surface area contributed by atoms with Crippen molar-refractivity contribution >= 4 is 57.3 Å². The fraction of sp³-hybridized carbons (Fsp3) is 0. The van der Waals surface area contributed by atoms with Gasteiger partial charge in [0.1, 0.15) is 5.76 Å². The van der Waals surface area contributed by atoms with Gasteiger partial charge in [-0.15, -0.1) is 0 Å². The number of halogens is 2. The Morgan fingerprint density at radius 1 is 1.28 bits per heavy atom. The zero-order valence-electron chi connectivity index (χ0n) is 9.06. The zero-order valence-corrected chi connectivity index (χ0v) is 13.4. The Labute approximate surface area is 131 Å². The largest absolute Gasteiger partial charge is 0.449 e. The Balaban J connectivity index is 1.98. The summed E-state index contributed by atoms with van der Waals surface area (Å²) in [6, 6.07) is 10.9. The highest BCUT2D eigenvalue weighted by atomic mass is 127. The van der Waals surface area contributed by atoms with Crippen LogP contribution in [0.5, 0.6) is 0 Å². The molecule has 0 radical (unpaired) electrons. The van der Waals surface area contributed by atoms with Crippen molar-refractivity contribution < 1.29 is 9.21 Å². The third-order valence-electron chi connectivity index (χ3n) is 2.04. The average molecular weight is 466 g/mol. The number of amides is 1. The number of benzene rings is 1. The lowest BCUT2D eigenvalue weighted by molar-refractivity contribution is 0.0955. The molecule has 0 fully saturated rings. The minimum absolute atomic E-state index is 0.244. The summed E-state index contributed by atoms with van der Waals surface area (Å²) in [4.78, 5) is 11.7. The molecule has 0 saturated carbocycles. The van der Waals surface area contributed by atoms with Crippen LogP contribution in [0, 0.1) is 7.34 Å². The molecule has 1 N–H and O–H groups in total. The quantitative estimate of drug-likeness (QED) is 0.430. The molecule has 0 aliphatic heterocycles. The van der Waals surface area contributed by atoms with Crippen molar-refractivity contribution in [1.29, 1.82) is 0 Å². The van der Waals surface area contributed by atoms with Gasteiger partial charge in [-0.05, 0) is 75.5 Å². The molecule has 1 amide bonds. The summed E-state index contributed by atoms with van der Waals surface area (Å²) in [6.45, 7) is 0. The number of hydrogen-bond donors (Lipinski definition) is 1. The first-order chi connectivity index (χ1) is 8.65. The van der Waals surface area contributed by atoms with Crippen LogP contribution in [0.4, 0.5) is 0 Å². The van der Waals surface area contributed by atoms with Crippen molar-refractivity contribution in [3.63, 3.8) is 0 Å². The van der Waals surface area contributed by atoms with E-state index in [1.165, 1.54) is 6.21 Å². The van der Waals surface area contributed by atoms with Gasteiger partial charge in [0.25, 0.3) is 5.91 Å². The molecule has 0 aliphatic rings. The lowest BCUT2D eigenvalue weighted by Crippen LogP contribution is -2.17. The van der Waals surface area contributed by atoms with E-state index >= 15 is 0 Å².